The number of H-pyrrole nitrogens is 1. The number of amides is 1. The second-order valence-electron chi connectivity index (χ2n) is 6.84. The van der Waals surface area contributed by atoms with Crippen LogP contribution >= 0.6 is 0 Å². The fourth-order valence-electron chi connectivity index (χ4n) is 3.51. The lowest BCUT2D eigenvalue weighted by Gasteiger charge is -2.27. The summed E-state index contributed by atoms with van der Waals surface area (Å²) in [6.07, 6.45) is 0.663. The van der Waals surface area contributed by atoms with E-state index in [0.717, 1.165) is 11.2 Å². The number of aromatic nitrogens is 1. The molecule has 0 saturated carbocycles. The molecule has 7 heteroatoms. The van der Waals surface area contributed by atoms with E-state index in [4.69, 9.17) is 4.74 Å². The number of carbonyl (C=O) groups is 1. The van der Waals surface area contributed by atoms with Crippen LogP contribution in [-0.4, -0.2) is 36.0 Å². The molecule has 0 radical (unpaired) electrons. The van der Waals surface area contributed by atoms with Gasteiger partial charge in [0.05, 0.1) is 13.7 Å². The van der Waals surface area contributed by atoms with Crippen molar-refractivity contribution in [2.75, 3.05) is 25.5 Å². The van der Waals surface area contributed by atoms with Crippen molar-refractivity contribution in [3.8, 4) is 5.75 Å². The van der Waals surface area contributed by atoms with E-state index in [1.165, 1.54) is 24.3 Å². The average molecular weight is 381 g/mol. The average Bonchev–Trinajstić information content (AvgIpc) is 2.70. The predicted octanol–water partition coefficient (Wildman–Crippen LogP) is 2.67. The Balaban J connectivity index is 1.52. The van der Waals surface area contributed by atoms with Gasteiger partial charge in [-0.25, -0.2) is 4.39 Å². The van der Waals surface area contributed by atoms with Gasteiger partial charge in [-0.1, -0.05) is 0 Å². The molecule has 0 atom stereocenters. The summed E-state index contributed by atoms with van der Waals surface area (Å²) >= 11 is 0. The molecule has 0 fully saturated rings. The Bertz CT molecular complexity index is 1090. The highest BCUT2D eigenvalue weighted by atomic mass is 19.1. The standard InChI is InChI=1S/C21H20FN3O3/c1-28-15-6-7-18-16(10-15)21(27)17-11-25(9-8-19(17)24-18)12-20(26)23-14-4-2-13(22)3-5-14/h2-7,10H,8-9,11-12H2,1H3,(H,23,26)(H,24,27). The number of ether oxygens (including phenoxy) is 1. The SMILES string of the molecule is COc1ccc2[nH]c3c(c(=O)c2c1)CN(CC(=O)Nc1ccc(F)cc1)CC3. The van der Waals surface area contributed by atoms with Crippen molar-refractivity contribution in [2.24, 2.45) is 0 Å². The summed E-state index contributed by atoms with van der Waals surface area (Å²) < 4.78 is 18.2. The molecule has 4 rings (SSSR count). The van der Waals surface area contributed by atoms with E-state index in [1.54, 1.807) is 13.2 Å². The molecule has 0 unspecified atom stereocenters. The van der Waals surface area contributed by atoms with Crippen LogP contribution < -0.4 is 15.5 Å². The molecule has 144 valence electrons. The first-order valence-corrected chi connectivity index (χ1v) is 9.03. The van der Waals surface area contributed by atoms with Crippen LogP contribution in [0.2, 0.25) is 0 Å². The number of nitrogens with zero attached hydrogens (tertiary/aromatic N) is 1. The normalized spacial score (nSPS) is 13.9. The van der Waals surface area contributed by atoms with Crippen molar-refractivity contribution in [3.63, 3.8) is 0 Å². The summed E-state index contributed by atoms with van der Waals surface area (Å²) in [4.78, 5) is 30.5. The molecule has 6 nitrogen and oxygen atoms in total. The van der Waals surface area contributed by atoms with Crippen molar-refractivity contribution in [1.29, 1.82) is 0 Å². The van der Waals surface area contributed by atoms with Gasteiger partial charge >= 0.3 is 0 Å². The minimum absolute atomic E-state index is 0.0358. The highest BCUT2D eigenvalue weighted by molar-refractivity contribution is 5.92. The zero-order chi connectivity index (χ0) is 19.7. The van der Waals surface area contributed by atoms with Gasteiger partial charge in [0.25, 0.3) is 0 Å². The summed E-state index contributed by atoms with van der Waals surface area (Å²) in [6, 6.07) is 11.0. The zero-order valence-electron chi connectivity index (χ0n) is 15.4. The van der Waals surface area contributed by atoms with Crippen molar-refractivity contribution >= 4 is 22.5 Å². The number of hydrogen-bond donors (Lipinski definition) is 2. The van der Waals surface area contributed by atoms with E-state index in [1.807, 2.05) is 17.0 Å². The first-order chi connectivity index (χ1) is 13.5. The third kappa shape index (κ3) is 3.61. The highest BCUT2D eigenvalue weighted by Gasteiger charge is 2.22. The lowest BCUT2D eigenvalue weighted by molar-refractivity contribution is -0.117. The van der Waals surface area contributed by atoms with E-state index in [0.29, 0.717) is 41.9 Å². The Morgan fingerprint density at radius 2 is 2.04 bits per heavy atom. The van der Waals surface area contributed by atoms with Gasteiger partial charge in [-0.05, 0) is 42.5 Å². The molecule has 0 saturated heterocycles. The summed E-state index contributed by atoms with van der Waals surface area (Å²) in [7, 11) is 1.56. The fraction of sp³-hybridized carbons (Fsp3) is 0.238. The Labute approximate surface area is 160 Å². The number of benzene rings is 2. The third-order valence-electron chi connectivity index (χ3n) is 4.95. The Kier molecular flexibility index (Phi) is 4.83. The van der Waals surface area contributed by atoms with Gasteiger partial charge in [0.15, 0.2) is 5.43 Å². The topological polar surface area (TPSA) is 74.4 Å². The molecule has 0 aliphatic carbocycles. The van der Waals surface area contributed by atoms with Gasteiger partial charge in [0, 0.05) is 47.4 Å². The van der Waals surface area contributed by atoms with Gasteiger partial charge in [-0.15, -0.1) is 0 Å². The molecular formula is C21H20FN3O3. The zero-order valence-corrected chi connectivity index (χ0v) is 15.4. The smallest absolute Gasteiger partial charge is 0.238 e. The maximum atomic E-state index is 13.0. The van der Waals surface area contributed by atoms with E-state index >= 15 is 0 Å². The molecule has 2 aromatic carbocycles. The summed E-state index contributed by atoms with van der Waals surface area (Å²) in [5.74, 6) is 0.0759. The molecular weight excluding hydrogens is 361 g/mol. The van der Waals surface area contributed by atoms with E-state index < -0.39 is 0 Å². The van der Waals surface area contributed by atoms with Crippen LogP contribution in [0.15, 0.2) is 47.3 Å². The fourth-order valence-corrected chi connectivity index (χ4v) is 3.51. The number of hydrogen-bond acceptors (Lipinski definition) is 4. The third-order valence-corrected chi connectivity index (χ3v) is 4.95. The van der Waals surface area contributed by atoms with Crippen LogP contribution in [0.5, 0.6) is 5.75 Å². The number of pyridine rings is 1. The lowest BCUT2D eigenvalue weighted by atomic mass is 10.0. The Hall–Kier alpha value is -3.19. The molecule has 1 aliphatic rings. The number of aromatic amines is 1. The second-order valence-corrected chi connectivity index (χ2v) is 6.84. The minimum atomic E-state index is -0.353. The van der Waals surface area contributed by atoms with E-state index in [-0.39, 0.29) is 23.7 Å². The maximum Gasteiger partial charge on any atom is 0.238 e. The minimum Gasteiger partial charge on any atom is -0.497 e. The molecule has 3 aromatic rings. The first-order valence-electron chi connectivity index (χ1n) is 9.03. The summed E-state index contributed by atoms with van der Waals surface area (Å²) in [6.45, 7) is 1.22. The van der Waals surface area contributed by atoms with E-state index in [9.17, 15) is 14.0 Å². The maximum absolute atomic E-state index is 13.0. The predicted molar refractivity (Wildman–Crippen MR) is 105 cm³/mol. The number of methoxy groups -OCH3 is 1. The van der Waals surface area contributed by atoms with Crippen LogP contribution in [0, 0.1) is 5.82 Å². The van der Waals surface area contributed by atoms with Gasteiger partial charge in [-0.3, -0.25) is 14.5 Å². The van der Waals surface area contributed by atoms with Crippen LogP contribution in [0.3, 0.4) is 0 Å². The quantitative estimate of drug-likeness (QED) is 0.729. The number of carbonyl (C=O) groups excluding carboxylic acids is 1. The summed E-state index contributed by atoms with van der Waals surface area (Å²) in [5, 5.41) is 3.33. The number of halogens is 1. The van der Waals surface area contributed by atoms with Crippen molar-refractivity contribution < 1.29 is 13.9 Å². The van der Waals surface area contributed by atoms with Gasteiger partial charge in [0.1, 0.15) is 11.6 Å². The number of rotatable bonds is 4. The molecule has 1 aromatic heterocycles. The van der Waals surface area contributed by atoms with Crippen LogP contribution in [0.25, 0.3) is 10.9 Å². The molecule has 28 heavy (non-hydrogen) atoms. The Morgan fingerprint density at radius 1 is 1.25 bits per heavy atom. The molecule has 1 aliphatic heterocycles. The van der Waals surface area contributed by atoms with Gasteiger partial charge in [0.2, 0.25) is 5.91 Å². The number of nitrogens with one attached hydrogen (secondary N) is 2. The van der Waals surface area contributed by atoms with Crippen molar-refractivity contribution in [2.45, 2.75) is 13.0 Å². The van der Waals surface area contributed by atoms with Crippen LogP contribution in [0.4, 0.5) is 10.1 Å². The van der Waals surface area contributed by atoms with Gasteiger partial charge < -0.3 is 15.0 Å². The monoisotopic (exact) mass is 381 g/mol. The second kappa shape index (κ2) is 7.44. The van der Waals surface area contributed by atoms with Crippen LogP contribution in [0.1, 0.15) is 11.3 Å². The molecule has 1 amide bonds. The highest BCUT2D eigenvalue weighted by Crippen LogP contribution is 2.21. The van der Waals surface area contributed by atoms with Crippen molar-refractivity contribution in [3.05, 3.63) is 69.8 Å². The largest absolute Gasteiger partial charge is 0.497 e. The Morgan fingerprint density at radius 3 is 2.79 bits per heavy atom. The number of anilines is 1. The molecule has 2 heterocycles. The molecule has 0 spiro atoms. The number of fused-ring (bicyclic) bond motifs is 2. The first kappa shape index (κ1) is 18.2. The van der Waals surface area contributed by atoms with Gasteiger partial charge in [-0.2, -0.15) is 0 Å². The van der Waals surface area contributed by atoms with Crippen LogP contribution in [-0.2, 0) is 17.8 Å². The van der Waals surface area contributed by atoms with E-state index in [2.05, 4.69) is 10.3 Å². The lowest BCUT2D eigenvalue weighted by Crippen LogP contribution is -2.39. The van der Waals surface area contributed by atoms with Crippen molar-refractivity contribution in [1.82, 2.24) is 9.88 Å². The molecule has 2 N–H and O–H groups in total. The summed E-state index contributed by atoms with van der Waals surface area (Å²) in [5.41, 5.74) is 2.89. The molecule has 0 bridgehead atoms.